The Hall–Kier alpha value is -2.02. The largest absolute Gasteiger partial charge is 0.399 e. The summed E-state index contributed by atoms with van der Waals surface area (Å²) in [5.41, 5.74) is 7.90. The van der Waals surface area contributed by atoms with Crippen LogP contribution in [0.5, 0.6) is 0 Å². The lowest BCUT2D eigenvalue weighted by molar-refractivity contribution is 1.50. The van der Waals surface area contributed by atoms with Crippen LogP contribution in [0.25, 0.3) is 21.5 Å². The minimum absolute atomic E-state index is 0.818. The molecule has 0 aliphatic carbocycles. The molecule has 0 atom stereocenters. The van der Waals surface area contributed by atoms with Gasteiger partial charge in [-0.2, -0.15) is 0 Å². The minimum Gasteiger partial charge on any atom is -0.399 e. The van der Waals surface area contributed by atoms with Gasteiger partial charge in [0.2, 0.25) is 0 Å². The third kappa shape index (κ3) is 2.17. The van der Waals surface area contributed by atoms with Gasteiger partial charge < -0.3 is 5.73 Å². The first-order valence-electron chi connectivity index (χ1n) is 6.43. The highest BCUT2D eigenvalue weighted by Crippen LogP contribution is 2.27. The van der Waals surface area contributed by atoms with Crippen molar-refractivity contribution in [3.8, 4) is 0 Å². The Morgan fingerprint density at radius 2 is 1.28 bits per heavy atom. The quantitative estimate of drug-likeness (QED) is 0.436. The van der Waals surface area contributed by atoms with Gasteiger partial charge in [-0.25, -0.2) is 0 Å². The molecule has 0 aliphatic rings. The van der Waals surface area contributed by atoms with Crippen molar-refractivity contribution in [3.05, 3.63) is 54.1 Å². The summed E-state index contributed by atoms with van der Waals surface area (Å²) in [6.07, 6.45) is 0. The summed E-state index contributed by atoms with van der Waals surface area (Å²) in [5.74, 6) is 0. The smallest absolute Gasteiger partial charge is 0.0320 e. The van der Waals surface area contributed by atoms with Gasteiger partial charge in [0.15, 0.2) is 0 Å². The number of aryl methyl sites for hydroxylation is 1. The third-order valence-electron chi connectivity index (χ3n) is 3.02. The van der Waals surface area contributed by atoms with E-state index in [4.69, 9.17) is 5.73 Å². The zero-order valence-corrected chi connectivity index (χ0v) is 11.2. The number of rotatable bonds is 0. The van der Waals surface area contributed by atoms with Crippen LogP contribution in [0.15, 0.2) is 48.5 Å². The van der Waals surface area contributed by atoms with E-state index >= 15 is 0 Å². The maximum Gasteiger partial charge on any atom is 0.0320 e. The average molecular weight is 237 g/mol. The number of hydrogen-bond donors (Lipinski definition) is 1. The van der Waals surface area contributed by atoms with Crippen LogP contribution < -0.4 is 5.73 Å². The lowest BCUT2D eigenvalue weighted by Crippen LogP contribution is -1.84. The second kappa shape index (κ2) is 5.09. The molecule has 3 rings (SSSR count). The summed E-state index contributed by atoms with van der Waals surface area (Å²) in [6.45, 7) is 6.12. The van der Waals surface area contributed by atoms with E-state index in [1.165, 1.54) is 27.1 Å². The molecule has 2 N–H and O–H groups in total. The van der Waals surface area contributed by atoms with Crippen LogP contribution in [0, 0.1) is 6.92 Å². The van der Waals surface area contributed by atoms with E-state index in [0.29, 0.717) is 0 Å². The summed E-state index contributed by atoms with van der Waals surface area (Å²) in [7, 11) is 0. The molecule has 0 aromatic heterocycles. The molecular formula is C17H19N. The first-order chi connectivity index (χ1) is 8.74. The molecule has 1 nitrogen and oxygen atoms in total. The molecule has 1 heteroatoms. The van der Waals surface area contributed by atoms with Gasteiger partial charge >= 0.3 is 0 Å². The Morgan fingerprint density at radius 1 is 0.722 bits per heavy atom. The molecule has 0 bridgehead atoms. The Bertz CT molecular complexity index is 623. The molecule has 92 valence electrons. The fourth-order valence-corrected chi connectivity index (χ4v) is 2.21. The summed E-state index contributed by atoms with van der Waals surface area (Å²) in [6, 6.07) is 16.9. The molecule has 0 radical (unpaired) electrons. The molecule has 0 heterocycles. The highest BCUT2D eigenvalue weighted by atomic mass is 14.5. The molecular weight excluding hydrogens is 218 g/mol. The van der Waals surface area contributed by atoms with Crippen molar-refractivity contribution >= 4 is 27.2 Å². The molecule has 3 aromatic carbocycles. The minimum atomic E-state index is 0.818. The van der Waals surface area contributed by atoms with Crippen LogP contribution >= 0.6 is 0 Å². The van der Waals surface area contributed by atoms with Crippen molar-refractivity contribution in [2.24, 2.45) is 0 Å². The fourth-order valence-electron chi connectivity index (χ4n) is 2.21. The van der Waals surface area contributed by atoms with Crippen LogP contribution in [0.1, 0.15) is 19.4 Å². The van der Waals surface area contributed by atoms with Crippen molar-refractivity contribution < 1.29 is 0 Å². The Labute approximate surface area is 108 Å². The average Bonchev–Trinajstić information content (AvgIpc) is 2.40. The number of benzene rings is 3. The van der Waals surface area contributed by atoms with E-state index in [9.17, 15) is 0 Å². The van der Waals surface area contributed by atoms with E-state index in [1.54, 1.807) is 0 Å². The van der Waals surface area contributed by atoms with Gasteiger partial charge in [-0.1, -0.05) is 55.8 Å². The number of nitrogens with two attached hydrogens (primary N) is 1. The van der Waals surface area contributed by atoms with Crippen LogP contribution in [-0.2, 0) is 0 Å². The van der Waals surface area contributed by atoms with Gasteiger partial charge in [0.25, 0.3) is 0 Å². The van der Waals surface area contributed by atoms with Crippen LogP contribution in [-0.4, -0.2) is 0 Å². The van der Waals surface area contributed by atoms with Crippen molar-refractivity contribution in [1.82, 2.24) is 0 Å². The molecule has 18 heavy (non-hydrogen) atoms. The van der Waals surface area contributed by atoms with Crippen LogP contribution in [0.4, 0.5) is 5.69 Å². The van der Waals surface area contributed by atoms with Crippen molar-refractivity contribution in [2.75, 3.05) is 5.73 Å². The number of nitrogen functional groups attached to an aromatic ring is 1. The van der Waals surface area contributed by atoms with Gasteiger partial charge in [-0.3, -0.25) is 0 Å². The monoisotopic (exact) mass is 237 g/mol. The van der Waals surface area contributed by atoms with Gasteiger partial charge in [-0.05, 0) is 40.6 Å². The van der Waals surface area contributed by atoms with E-state index in [1.807, 2.05) is 26.0 Å². The molecule has 0 saturated heterocycles. The van der Waals surface area contributed by atoms with E-state index in [0.717, 1.165) is 5.69 Å². The Balaban J connectivity index is 0.000000574. The number of fused-ring (bicyclic) bond motifs is 3. The zero-order valence-electron chi connectivity index (χ0n) is 11.2. The maximum absolute atomic E-state index is 5.79. The lowest BCUT2D eigenvalue weighted by Gasteiger charge is -2.05. The van der Waals surface area contributed by atoms with E-state index in [-0.39, 0.29) is 0 Å². The summed E-state index contributed by atoms with van der Waals surface area (Å²) in [5, 5.41) is 5.06. The number of hydrogen-bond acceptors (Lipinski definition) is 1. The Morgan fingerprint density at radius 3 is 1.94 bits per heavy atom. The normalized spacial score (nSPS) is 10.2. The molecule has 0 amide bonds. The van der Waals surface area contributed by atoms with Gasteiger partial charge in [-0.15, -0.1) is 0 Å². The predicted molar refractivity (Wildman–Crippen MR) is 82.0 cm³/mol. The third-order valence-corrected chi connectivity index (χ3v) is 3.02. The molecule has 0 saturated carbocycles. The van der Waals surface area contributed by atoms with Crippen molar-refractivity contribution in [2.45, 2.75) is 20.8 Å². The van der Waals surface area contributed by atoms with Crippen LogP contribution in [0.3, 0.4) is 0 Å². The topological polar surface area (TPSA) is 26.0 Å². The van der Waals surface area contributed by atoms with Gasteiger partial charge in [0.1, 0.15) is 0 Å². The van der Waals surface area contributed by atoms with Crippen molar-refractivity contribution in [3.63, 3.8) is 0 Å². The van der Waals surface area contributed by atoms with Crippen LogP contribution in [0.2, 0.25) is 0 Å². The molecule has 0 unspecified atom stereocenters. The Kier molecular flexibility index (Phi) is 3.52. The van der Waals surface area contributed by atoms with E-state index < -0.39 is 0 Å². The fraction of sp³-hybridized carbons (Fsp3) is 0.176. The second-order valence-electron chi connectivity index (χ2n) is 4.27. The second-order valence-corrected chi connectivity index (χ2v) is 4.27. The highest BCUT2D eigenvalue weighted by molar-refractivity contribution is 6.08. The standard InChI is InChI=1S/C15H13N.C2H6/c1-10-2-6-14-11(8-10)3-4-12-9-13(16)5-7-15(12)14;1-2/h2-9H,16H2,1H3;1-2H3. The molecule has 3 aromatic rings. The highest BCUT2D eigenvalue weighted by Gasteiger charge is 2.00. The first-order valence-corrected chi connectivity index (χ1v) is 6.43. The summed E-state index contributed by atoms with van der Waals surface area (Å²) in [4.78, 5) is 0. The lowest BCUT2D eigenvalue weighted by atomic mass is 10.0. The zero-order chi connectivity index (χ0) is 13.1. The maximum atomic E-state index is 5.79. The van der Waals surface area contributed by atoms with Gasteiger partial charge in [0, 0.05) is 5.69 Å². The summed E-state index contributed by atoms with van der Waals surface area (Å²) >= 11 is 0. The summed E-state index contributed by atoms with van der Waals surface area (Å²) < 4.78 is 0. The number of anilines is 1. The first kappa shape index (κ1) is 12.4. The molecule has 0 spiro atoms. The van der Waals surface area contributed by atoms with E-state index in [2.05, 4.69) is 43.3 Å². The molecule has 0 fully saturated rings. The van der Waals surface area contributed by atoms with Crippen molar-refractivity contribution in [1.29, 1.82) is 0 Å². The van der Waals surface area contributed by atoms with Gasteiger partial charge in [0.05, 0.1) is 0 Å². The predicted octanol–water partition coefficient (Wildman–Crippen LogP) is 4.91. The molecule has 0 aliphatic heterocycles. The SMILES string of the molecule is CC.Cc1ccc2c(ccc3cc(N)ccc32)c1.